The first-order valence-corrected chi connectivity index (χ1v) is 6.64. The predicted molar refractivity (Wildman–Crippen MR) is 70.2 cm³/mol. The topological polar surface area (TPSA) is 81.0 Å². The molecule has 0 spiro atoms. The van der Waals surface area contributed by atoms with Crippen LogP contribution in [0.2, 0.25) is 0 Å². The molecular formula is C13H23N3O2. The zero-order chi connectivity index (χ0) is 13.2. The molecule has 1 amide bonds. The van der Waals surface area contributed by atoms with Gasteiger partial charge in [0.15, 0.2) is 0 Å². The second kappa shape index (κ2) is 8.55. The van der Waals surface area contributed by atoms with E-state index in [-0.39, 0.29) is 0 Å². The summed E-state index contributed by atoms with van der Waals surface area (Å²) < 4.78 is 4.80. The summed E-state index contributed by atoms with van der Waals surface area (Å²) in [6.07, 6.45) is 9.64. The molecule has 3 N–H and O–H groups in total. The number of nitrogens with two attached hydrogens (primary N) is 1. The van der Waals surface area contributed by atoms with E-state index in [0.29, 0.717) is 12.5 Å². The van der Waals surface area contributed by atoms with Gasteiger partial charge in [-0.05, 0) is 12.8 Å². The first kappa shape index (κ1) is 14.5. The Morgan fingerprint density at radius 1 is 1.44 bits per heavy atom. The van der Waals surface area contributed by atoms with Crippen molar-refractivity contribution >= 4 is 6.09 Å². The lowest BCUT2D eigenvalue weighted by Gasteiger charge is -2.14. The summed E-state index contributed by atoms with van der Waals surface area (Å²) in [6, 6.07) is 0. The molecule has 1 aromatic rings. The lowest BCUT2D eigenvalue weighted by molar-refractivity contribution is 0.152. The van der Waals surface area contributed by atoms with Crippen molar-refractivity contribution in [2.45, 2.75) is 51.4 Å². The molecule has 1 atom stereocenters. The van der Waals surface area contributed by atoms with Crippen molar-refractivity contribution in [2.75, 3.05) is 6.61 Å². The molecule has 0 aliphatic carbocycles. The third-order valence-corrected chi connectivity index (χ3v) is 3.08. The fourth-order valence-corrected chi connectivity index (χ4v) is 2.06. The summed E-state index contributed by atoms with van der Waals surface area (Å²) in [6.45, 7) is 2.57. The average molecular weight is 253 g/mol. The molecule has 0 fully saturated rings. The number of aromatic nitrogens is 2. The van der Waals surface area contributed by atoms with E-state index in [0.717, 1.165) is 18.5 Å². The van der Waals surface area contributed by atoms with Crippen LogP contribution in [0.25, 0.3) is 0 Å². The Morgan fingerprint density at radius 2 is 2.28 bits per heavy atom. The maximum absolute atomic E-state index is 10.5. The highest BCUT2D eigenvalue weighted by Gasteiger charge is 2.13. The number of ether oxygens (including phenoxy) is 1. The molecule has 1 aromatic heterocycles. The molecule has 102 valence electrons. The van der Waals surface area contributed by atoms with Gasteiger partial charge in [-0.1, -0.05) is 32.6 Å². The van der Waals surface area contributed by atoms with Crippen molar-refractivity contribution in [3.05, 3.63) is 18.2 Å². The number of hydrogen-bond acceptors (Lipinski definition) is 3. The maximum Gasteiger partial charge on any atom is 0.404 e. The van der Waals surface area contributed by atoms with Crippen LogP contribution in [0.5, 0.6) is 0 Å². The van der Waals surface area contributed by atoms with Crippen molar-refractivity contribution in [3.63, 3.8) is 0 Å². The van der Waals surface area contributed by atoms with Gasteiger partial charge in [-0.15, -0.1) is 0 Å². The molecule has 5 nitrogen and oxygen atoms in total. The van der Waals surface area contributed by atoms with Crippen molar-refractivity contribution < 1.29 is 9.53 Å². The standard InChI is InChI=1S/C13H23N3O2/c1-2-3-4-5-6-11(7-8-18-13(14)17)12-9-15-10-16-12/h9-11H,2-8H2,1H3,(H2,14,17)(H,15,16). The van der Waals surface area contributed by atoms with Gasteiger partial charge >= 0.3 is 6.09 Å². The van der Waals surface area contributed by atoms with Gasteiger partial charge in [0.05, 0.1) is 12.9 Å². The minimum Gasteiger partial charge on any atom is -0.450 e. The van der Waals surface area contributed by atoms with Gasteiger partial charge in [-0.25, -0.2) is 9.78 Å². The average Bonchev–Trinajstić information content (AvgIpc) is 2.85. The van der Waals surface area contributed by atoms with Crippen molar-refractivity contribution in [1.82, 2.24) is 9.97 Å². The highest BCUT2D eigenvalue weighted by atomic mass is 16.5. The Kier molecular flexibility index (Phi) is 6.91. The van der Waals surface area contributed by atoms with E-state index in [9.17, 15) is 4.79 Å². The Bertz CT molecular complexity index is 325. The van der Waals surface area contributed by atoms with Gasteiger partial charge < -0.3 is 15.5 Å². The number of nitrogens with zero attached hydrogens (tertiary/aromatic N) is 1. The third kappa shape index (κ3) is 5.70. The summed E-state index contributed by atoms with van der Waals surface area (Å²) in [5.41, 5.74) is 6.07. The van der Waals surface area contributed by atoms with E-state index in [1.807, 2.05) is 6.20 Å². The van der Waals surface area contributed by atoms with Gasteiger partial charge in [0.2, 0.25) is 0 Å². The van der Waals surface area contributed by atoms with Crippen LogP contribution in [0.4, 0.5) is 4.79 Å². The van der Waals surface area contributed by atoms with Crippen LogP contribution >= 0.6 is 0 Å². The monoisotopic (exact) mass is 253 g/mol. The van der Waals surface area contributed by atoms with E-state index in [2.05, 4.69) is 16.9 Å². The molecule has 0 aliphatic heterocycles. The van der Waals surface area contributed by atoms with E-state index >= 15 is 0 Å². The molecule has 1 heterocycles. The molecule has 0 aromatic carbocycles. The van der Waals surface area contributed by atoms with Crippen LogP contribution in [0, 0.1) is 0 Å². The third-order valence-electron chi connectivity index (χ3n) is 3.08. The zero-order valence-corrected chi connectivity index (χ0v) is 11.0. The maximum atomic E-state index is 10.5. The number of H-pyrrole nitrogens is 1. The minimum atomic E-state index is -0.704. The highest BCUT2D eigenvalue weighted by molar-refractivity contribution is 5.64. The predicted octanol–water partition coefficient (Wildman–Crippen LogP) is 2.95. The van der Waals surface area contributed by atoms with Gasteiger partial charge in [0, 0.05) is 17.8 Å². The van der Waals surface area contributed by atoms with Gasteiger partial charge in [0.25, 0.3) is 0 Å². The minimum absolute atomic E-state index is 0.365. The fourth-order valence-electron chi connectivity index (χ4n) is 2.06. The van der Waals surface area contributed by atoms with Gasteiger partial charge in [-0.2, -0.15) is 0 Å². The van der Waals surface area contributed by atoms with Crippen LogP contribution in [-0.2, 0) is 4.74 Å². The van der Waals surface area contributed by atoms with Crippen LogP contribution < -0.4 is 5.73 Å². The summed E-state index contributed by atoms with van der Waals surface area (Å²) >= 11 is 0. The first-order chi connectivity index (χ1) is 8.74. The number of nitrogens with one attached hydrogen (secondary N) is 1. The largest absolute Gasteiger partial charge is 0.450 e. The fraction of sp³-hybridized carbons (Fsp3) is 0.692. The van der Waals surface area contributed by atoms with E-state index in [4.69, 9.17) is 10.5 Å². The highest BCUT2D eigenvalue weighted by Crippen LogP contribution is 2.24. The Hall–Kier alpha value is -1.52. The number of hydrogen-bond donors (Lipinski definition) is 2. The Morgan fingerprint density at radius 3 is 2.89 bits per heavy atom. The molecule has 0 aliphatic rings. The second-order valence-corrected chi connectivity index (χ2v) is 4.51. The number of amides is 1. The zero-order valence-electron chi connectivity index (χ0n) is 11.0. The van der Waals surface area contributed by atoms with Crippen LogP contribution in [-0.4, -0.2) is 22.7 Å². The van der Waals surface area contributed by atoms with Gasteiger partial charge in [-0.3, -0.25) is 0 Å². The lowest BCUT2D eigenvalue weighted by Crippen LogP contribution is -2.15. The number of primary amides is 1. The lowest BCUT2D eigenvalue weighted by atomic mass is 9.95. The number of unbranched alkanes of at least 4 members (excludes halogenated alkanes) is 3. The Labute approximate surface area is 108 Å². The molecule has 18 heavy (non-hydrogen) atoms. The van der Waals surface area contributed by atoms with Crippen molar-refractivity contribution in [3.8, 4) is 0 Å². The van der Waals surface area contributed by atoms with Crippen LogP contribution in [0.3, 0.4) is 0 Å². The summed E-state index contributed by atoms with van der Waals surface area (Å²) in [7, 11) is 0. The Balaban J connectivity index is 2.35. The van der Waals surface area contributed by atoms with Crippen LogP contribution in [0.15, 0.2) is 12.5 Å². The van der Waals surface area contributed by atoms with Crippen LogP contribution in [0.1, 0.15) is 57.1 Å². The van der Waals surface area contributed by atoms with E-state index in [1.54, 1.807) is 6.33 Å². The molecule has 0 saturated carbocycles. The molecule has 0 radical (unpaired) electrons. The first-order valence-electron chi connectivity index (χ1n) is 6.64. The number of aromatic amines is 1. The summed E-state index contributed by atoms with van der Waals surface area (Å²) in [5, 5.41) is 0. The summed E-state index contributed by atoms with van der Waals surface area (Å²) in [4.78, 5) is 17.7. The SMILES string of the molecule is CCCCCCC(CCOC(N)=O)c1cnc[nH]1. The van der Waals surface area contributed by atoms with Crippen molar-refractivity contribution in [1.29, 1.82) is 0 Å². The van der Waals surface area contributed by atoms with Gasteiger partial charge in [0.1, 0.15) is 0 Å². The number of carbonyl (C=O) groups is 1. The normalized spacial score (nSPS) is 12.3. The number of carbonyl (C=O) groups excluding carboxylic acids is 1. The van der Waals surface area contributed by atoms with E-state index < -0.39 is 6.09 Å². The molecular weight excluding hydrogens is 230 g/mol. The number of rotatable bonds is 9. The van der Waals surface area contributed by atoms with Crippen molar-refractivity contribution in [2.24, 2.45) is 5.73 Å². The molecule has 1 rings (SSSR count). The number of imidazole rings is 1. The molecule has 5 heteroatoms. The molecule has 0 bridgehead atoms. The van der Waals surface area contributed by atoms with E-state index in [1.165, 1.54) is 25.7 Å². The smallest absolute Gasteiger partial charge is 0.404 e. The quantitative estimate of drug-likeness (QED) is 0.664. The summed E-state index contributed by atoms with van der Waals surface area (Å²) in [5.74, 6) is 0.365. The molecule has 1 unspecified atom stereocenters. The second-order valence-electron chi connectivity index (χ2n) is 4.51. The molecule has 0 saturated heterocycles.